The SMILES string of the molecule is C=C1Cc2cccc(NSc3cccs3)c2N1. The molecule has 0 saturated carbocycles. The molecular formula is C13H12N2S2. The molecule has 0 saturated heterocycles. The van der Waals surface area contributed by atoms with Crippen molar-refractivity contribution in [1.82, 2.24) is 0 Å². The van der Waals surface area contributed by atoms with Crippen molar-refractivity contribution in [1.29, 1.82) is 0 Å². The summed E-state index contributed by atoms with van der Waals surface area (Å²) in [4.78, 5) is 0. The number of hydrogen-bond acceptors (Lipinski definition) is 4. The smallest absolute Gasteiger partial charge is 0.0807 e. The highest BCUT2D eigenvalue weighted by Crippen LogP contribution is 2.36. The van der Waals surface area contributed by atoms with E-state index < -0.39 is 0 Å². The number of anilines is 2. The minimum atomic E-state index is 0.925. The van der Waals surface area contributed by atoms with Gasteiger partial charge in [0.05, 0.1) is 15.6 Å². The molecule has 0 unspecified atom stereocenters. The second-order valence-corrected chi connectivity index (χ2v) is 5.94. The number of thiophene rings is 1. The first-order valence-corrected chi connectivity index (χ1v) is 7.05. The molecule has 0 atom stereocenters. The Bertz CT molecular complexity index is 547. The average molecular weight is 260 g/mol. The molecule has 1 aliphatic heterocycles. The minimum absolute atomic E-state index is 0.925. The molecule has 1 aromatic heterocycles. The lowest BCUT2D eigenvalue weighted by atomic mass is 10.1. The van der Waals surface area contributed by atoms with Crippen LogP contribution < -0.4 is 10.0 Å². The van der Waals surface area contributed by atoms with Gasteiger partial charge in [-0.05, 0) is 35.0 Å². The van der Waals surface area contributed by atoms with Crippen LogP contribution in [0, 0.1) is 0 Å². The number of hydrogen-bond donors (Lipinski definition) is 2. The van der Waals surface area contributed by atoms with Crippen LogP contribution in [0.1, 0.15) is 5.56 Å². The Kier molecular flexibility index (Phi) is 2.82. The zero-order valence-electron chi connectivity index (χ0n) is 9.19. The van der Waals surface area contributed by atoms with Gasteiger partial charge in [-0.25, -0.2) is 0 Å². The second kappa shape index (κ2) is 4.47. The number of para-hydroxylation sites is 1. The molecule has 86 valence electrons. The topological polar surface area (TPSA) is 24.1 Å². The van der Waals surface area contributed by atoms with Crippen molar-refractivity contribution in [2.75, 3.05) is 10.0 Å². The lowest BCUT2D eigenvalue weighted by Crippen LogP contribution is -1.93. The normalized spacial score (nSPS) is 13.3. The maximum Gasteiger partial charge on any atom is 0.0807 e. The Morgan fingerprint density at radius 2 is 2.24 bits per heavy atom. The van der Waals surface area contributed by atoms with Crippen LogP contribution >= 0.6 is 23.3 Å². The van der Waals surface area contributed by atoms with Crippen molar-refractivity contribution in [2.45, 2.75) is 10.6 Å². The van der Waals surface area contributed by atoms with Crippen molar-refractivity contribution in [2.24, 2.45) is 0 Å². The Hall–Kier alpha value is -1.39. The van der Waals surface area contributed by atoms with Gasteiger partial charge in [0.15, 0.2) is 0 Å². The summed E-state index contributed by atoms with van der Waals surface area (Å²) in [5.41, 5.74) is 4.67. The van der Waals surface area contributed by atoms with E-state index in [1.807, 2.05) is 0 Å². The quantitative estimate of drug-likeness (QED) is 0.802. The van der Waals surface area contributed by atoms with Crippen LogP contribution in [0.2, 0.25) is 0 Å². The van der Waals surface area contributed by atoms with E-state index in [0.29, 0.717) is 0 Å². The van der Waals surface area contributed by atoms with Crippen LogP contribution in [-0.2, 0) is 6.42 Å². The van der Waals surface area contributed by atoms with E-state index in [1.54, 1.807) is 23.3 Å². The lowest BCUT2D eigenvalue weighted by molar-refractivity contribution is 1.26. The molecule has 1 aliphatic rings. The first-order chi connectivity index (χ1) is 8.33. The molecule has 0 aliphatic carbocycles. The summed E-state index contributed by atoms with van der Waals surface area (Å²) in [5.74, 6) is 0. The molecule has 2 heterocycles. The number of rotatable bonds is 3. The predicted octanol–water partition coefficient (Wildman–Crippen LogP) is 4.35. The molecule has 3 rings (SSSR count). The Morgan fingerprint density at radius 1 is 1.29 bits per heavy atom. The van der Waals surface area contributed by atoms with Crippen LogP contribution in [0.25, 0.3) is 0 Å². The van der Waals surface area contributed by atoms with Crippen LogP contribution in [0.15, 0.2) is 52.2 Å². The average Bonchev–Trinajstić information content (AvgIpc) is 2.93. The molecular weight excluding hydrogens is 248 g/mol. The van der Waals surface area contributed by atoms with Crippen molar-refractivity contribution in [3.8, 4) is 0 Å². The second-order valence-electron chi connectivity index (χ2n) is 3.88. The largest absolute Gasteiger partial charge is 0.357 e. The molecule has 2 nitrogen and oxygen atoms in total. The summed E-state index contributed by atoms with van der Waals surface area (Å²) in [7, 11) is 0. The fraction of sp³-hybridized carbons (Fsp3) is 0.0769. The maximum atomic E-state index is 3.98. The highest BCUT2D eigenvalue weighted by Gasteiger charge is 2.16. The van der Waals surface area contributed by atoms with Gasteiger partial charge in [-0.15, -0.1) is 11.3 Å². The third-order valence-electron chi connectivity index (χ3n) is 2.61. The molecule has 0 spiro atoms. The fourth-order valence-corrected chi connectivity index (χ4v) is 3.32. The Morgan fingerprint density at radius 3 is 3.06 bits per heavy atom. The molecule has 2 N–H and O–H groups in total. The van der Waals surface area contributed by atoms with Crippen LogP contribution in [-0.4, -0.2) is 0 Å². The van der Waals surface area contributed by atoms with Crippen LogP contribution in [0.4, 0.5) is 11.4 Å². The third-order valence-corrected chi connectivity index (χ3v) is 4.47. The van der Waals surface area contributed by atoms with E-state index >= 15 is 0 Å². The fourth-order valence-electron chi connectivity index (χ4n) is 1.86. The monoisotopic (exact) mass is 260 g/mol. The van der Waals surface area contributed by atoms with Crippen molar-refractivity contribution in [3.05, 3.63) is 53.6 Å². The summed E-state index contributed by atoms with van der Waals surface area (Å²) in [6.45, 7) is 3.98. The zero-order valence-corrected chi connectivity index (χ0v) is 10.8. The summed E-state index contributed by atoms with van der Waals surface area (Å²) in [5, 5.41) is 5.41. The highest BCUT2D eigenvalue weighted by molar-refractivity contribution is 8.02. The van der Waals surface area contributed by atoms with Gasteiger partial charge in [0, 0.05) is 12.1 Å². The van der Waals surface area contributed by atoms with E-state index in [1.165, 1.54) is 15.5 Å². The standard InChI is InChI=1S/C13H12N2S2/c1-9-8-10-4-2-5-11(13(10)14-9)15-17-12-6-3-7-16-12/h2-7,14-15H,1,8H2. The Balaban J connectivity index is 1.80. The summed E-state index contributed by atoms with van der Waals surface area (Å²) < 4.78 is 4.65. The van der Waals surface area contributed by atoms with E-state index in [4.69, 9.17) is 0 Å². The number of allylic oxidation sites excluding steroid dienone is 1. The van der Waals surface area contributed by atoms with Gasteiger partial charge >= 0.3 is 0 Å². The first-order valence-electron chi connectivity index (χ1n) is 5.36. The third kappa shape index (κ3) is 2.18. The summed E-state index contributed by atoms with van der Waals surface area (Å²) in [6.07, 6.45) is 0.925. The lowest BCUT2D eigenvalue weighted by Gasteiger charge is -2.09. The van der Waals surface area contributed by atoms with E-state index in [-0.39, 0.29) is 0 Å². The highest BCUT2D eigenvalue weighted by atomic mass is 32.2. The molecule has 0 radical (unpaired) electrons. The number of benzene rings is 1. The maximum absolute atomic E-state index is 3.98. The number of fused-ring (bicyclic) bond motifs is 1. The van der Waals surface area contributed by atoms with Gasteiger partial charge in [-0.1, -0.05) is 24.8 Å². The molecule has 0 amide bonds. The van der Waals surface area contributed by atoms with Gasteiger partial charge in [-0.3, -0.25) is 0 Å². The van der Waals surface area contributed by atoms with Gasteiger partial charge in [0.25, 0.3) is 0 Å². The van der Waals surface area contributed by atoms with Gasteiger partial charge in [-0.2, -0.15) is 0 Å². The first kappa shape index (κ1) is 10.7. The van der Waals surface area contributed by atoms with Gasteiger partial charge in [0.2, 0.25) is 0 Å². The van der Waals surface area contributed by atoms with E-state index in [9.17, 15) is 0 Å². The minimum Gasteiger partial charge on any atom is -0.357 e. The molecule has 0 bridgehead atoms. The van der Waals surface area contributed by atoms with E-state index in [0.717, 1.165) is 17.8 Å². The Labute approximate surface area is 109 Å². The van der Waals surface area contributed by atoms with Crippen LogP contribution in [0.5, 0.6) is 0 Å². The number of nitrogens with one attached hydrogen (secondary N) is 2. The molecule has 0 fully saturated rings. The van der Waals surface area contributed by atoms with Crippen molar-refractivity contribution in [3.63, 3.8) is 0 Å². The van der Waals surface area contributed by atoms with Gasteiger partial charge < -0.3 is 10.0 Å². The van der Waals surface area contributed by atoms with Crippen molar-refractivity contribution < 1.29 is 0 Å². The van der Waals surface area contributed by atoms with Gasteiger partial charge in [0.1, 0.15) is 0 Å². The molecule has 2 aromatic rings. The van der Waals surface area contributed by atoms with Crippen molar-refractivity contribution >= 4 is 34.7 Å². The van der Waals surface area contributed by atoms with Crippen LogP contribution in [0.3, 0.4) is 0 Å². The zero-order chi connectivity index (χ0) is 11.7. The predicted molar refractivity (Wildman–Crippen MR) is 76.7 cm³/mol. The summed E-state index contributed by atoms with van der Waals surface area (Å²) in [6, 6.07) is 10.5. The van der Waals surface area contributed by atoms with E-state index in [2.05, 4.69) is 52.3 Å². The molecule has 4 heteroatoms. The molecule has 1 aromatic carbocycles. The molecule has 17 heavy (non-hydrogen) atoms. The summed E-state index contributed by atoms with van der Waals surface area (Å²) >= 11 is 3.38.